The summed E-state index contributed by atoms with van der Waals surface area (Å²) in [7, 11) is 1.53. The maximum Gasteiger partial charge on any atom is 0.315 e. The number of nitrogens with zero attached hydrogens (tertiary/aromatic N) is 1. The molecule has 1 amide bonds. The number of amides is 1. The lowest BCUT2D eigenvalue weighted by Crippen LogP contribution is -2.27. The molecule has 10 nitrogen and oxygen atoms in total. The summed E-state index contributed by atoms with van der Waals surface area (Å²) in [6, 6.07) is 36.6. The quantitative estimate of drug-likeness (QED) is 0.0435. The van der Waals surface area contributed by atoms with Gasteiger partial charge in [0.2, 0.25) is 0 Å². The van der Waals surface area contributed by atoms with E-state index in [0.717, 1.165) is 5.56 Å². The first-order chi connectivity index (χ1) is 22.9. The van der Waals surface area contributed by atoms with Gasteiger partial charge in [0.05, 0.1) is 7.11 Å². The van der Waals surface area contributed by atoms with Gasteiger partial charge >= 0.3 is 5.97 Å². The molecule has 0 saturated carbocycles. The van der Waals surface area contributed by atoms with Gasteiger partial charge in [-0.15, -0.1) is 0 Å². The number of rotatable bonds is 13. The van der Waals surface area contributed by atoms with Crippen LogP contribution in [0, 0.1) is 0 Å². The zero-order valence-electron chi connectivity index (χ0n) is 25.5. The second-order valence-corrected chi connectivity index (χ2v) is 10.6. The topological polar surface area (TPSA) is 155 Å². The minimum atomic E-state index is -0.972. The Balaban J connectivity index is 1.40. The predicted octanol–water partition coefficient (Wildman–Crippen LogP) is 6.38. The average Bonchev–Trinajstić information content (AvgIpc) is 3.11. The first-order valence-electron chi connectivity index (χ1n) is 14.7. The van der Waals surface area contributed by atoms with Crippen molar-refractivity contribution in [3.8, 4) is 11.5 Å². The van der Waals surface area contributed by atoms with Gasteiger partial charge in [-0.2, -0.15) is 0 Å². The number of nitrogens with two attached hydrogens (primary N) is 1. The molecule has 0 fully saturated rings. The normalized spacial score (nSPS) is 12.4. The molecule has 0 aromatic heterocycles. The van der Waals surface area contributed by atoms with Crippen molar-refractivity contribution in [2.45, 2.75) is 18.6 Å². The number of hydrogen-bond acceptors (Lipinski definition) is 7. The molecule has 0 saturated heterocycles. The number of anilines is 2. The number of carbonyl (C=O) groups excluding carboxylic acids is 1. The number of carboxylic acids is 1. The Labute approximate surface area is 272 Å². The van der Waals surface area contributed by atoms with Crippen LogP contribution in [0.4, 0.5) is 11.4 Å². The molecule has 2 atom stereocenters. The van der Waals surface area contributed by atoms with Crippen molar-refractivity contribution in [1.29, 1.82) is 0 Å². The number of carbonyl (C=O) groups is 2. The number of benzene rings is 5. The van der Waals surface area contributed by atoms with Gasteiger partial charge in [0, 0.05) is 16.9 Å². The van der Waals surface area contributed by atoms with E-state index in [0.29, 0.717) is 51.7 Å². The molecule has 0 bridgehead atoms. The van der Waals surface area contributed by atoms with Gasteiger partial charge in [0.15, 0.2) is 17.3 Å². The minimum Gasteiger partial charge on any atom is -0.493 e. The highest BCUT2D eigenvalue weighted by Gasteiger charge is 2.25. The summed E-state index contributed by atoms with van der Waals surface area (Å²) in [4.78, 5) is 26.0. The smallest absolute Gasteiger partial charge is 0.315 e. The van der Waals surface area contributed by atoms with Crippen LogP contribution in [0.1, 0.15) is 39.8 Å². The minimum absolute atomic E-state index is 0.0393. The van der Waals surface area contributed by atoms with Crippen molar-refractivity contribution in [2.75, 3.05) is 17.7 Å². The van der Waals surface area contributed by atoms with Gasteiger partial charge in [-0.1, -0.05) is 84.0 Å². The van der Waals surface area contributed by atoms with E-state index in [2.05, 4.69) is 15.8 Å². The second-order valence-electron chi connectivity index (χ2n) is 10.6. The fourth-order valence-corrected chi connectivity index (χ4v) is 5.08. The van der Waals surface area contributed by atoms with E-state index >= 15 is 0 Å². The number of oxime groups is 1. The van der Waals surface area contributed by atoms with E-state index in [1.807, 2.05) is 36.4 Å². The van der Waals surface area contributed by atoms with E-state index in [1.54, 1.807) is 91.0 Å². The molecule has 10 heteroatoms. The van der Waals surface area contributed by atoms with Crippen LogP contribution in [0.5, 0.6) is 11.5 Å². The van der Waals surface area contributed by atoms with Crippen molar-refractivity contribution in [3.63, 3.8) is 0 Å². The van der Waals surface area contributed by atoms with E-state index in [1.165, 1.54) is 7.11 Å². The van der Waals surface area contributed by atoms with Gasteiger partial charge in [0.25, 0.3) is 5.91 Å². The van der Waals surface area contributed by atoms with E-state index < -0.39 is 17.9 Å². The molecule has 0 spiro atoms. The van der Waals surface area contributed by atoms with Crippen LogP contribution >= 0.6 is 0 Å². The molecule has 0 aliphatic carbocycles. The van der Waals surface area contributed by atoms with Gasteiger partial charge < -0.3 is 36.2 Å². The Morgan fingerprint density at radius 3 is 1.98 bits per heavy atom. The highest BCUT2D eigenvalue weighted by molar-refractivity contribution is 5.98. The third kappa shape index (κ3) is 8.06. The molecule has 0 heterocycles. The molecule has 5 aromatic carbocycles. The summed E-state index contributed by atoms with van der Waals surface area (Å²) in [5, 5.41) is 28.2. The van der Waals surface area contributed by atoms with Gasteiger partial charge in [0.1, 0.15) is 18.6 Å². The number of hydrogen-bond donors (Lipinski definition) is 5. The van der Waals surface area contributed by atoms with Crippen molar-refractivity contribution in [2.24, 2.45) is 10.9 Å². The summed E-state index contributed by atoms with van der Waals surface area (Å²) in [6.45, 7) is 0.342. The highest BCUT2D eigenvalue weighted by atomic mass is 16.5. The number of ether oxygens (including phenoxy) is 2. The lowest BCUT2D eigenvalue weighted by Gasteiger charge is -2.22. The SMILES string of the molecule is COc1cc(C(Nc2ccc(/C(N)=N/O)cc2)C(=O)Nc2ccc(C(C(=O)O)c3ccccc3)cc2)ccc1OCc1ccccc1. The molecule has 0 aliphatic heterocycles. The molecule has 238 valence electrons. The Bertz CT molecular complexity index is 1830. The van der Waals surface area contributed by atoms with E-state index in [-0.39, 0.29) is 11.7 Å². The third-order valence-electron chi connectivity index (χ3n) is 7.51. The number of nitrogens with one attached hydrogen (secondary N) is 2. The number of methoxy groups -OCH3 is 1. The van der Waals surface area contributed by atoms with Crippen LogP contribution in [-0.2, 0) is 16.2 Å². The van der Waals surface area contributed by atoms with Gasteiger partial charge in [-0.05, 0) is 70.8 Å². The summed E-state index contributed by atoms with van der Waals surface area (Å²) >= 11 is 0. The van der Waals surface area contributed by atoms with E-state index in [9.17, 15) is 14.7 Å². The summed E-state index contributed by atoms with van der Waals surface area (Å²) in [5.74, 6) is -1.27. The molecule has 6 N–H and O–H groups in total. The maximum absolute atomic E-state index is 13.9. The number of amidine groups is 1. The first-order valence-corrected chi connectivity index (χ1v) is 14.7. The van der Waals surface area contributed by atoms with E-state index in [4.69, 9.17) is 20.4 Å². The second kappa shape index (κ2) is 15.1. The molecule has 0 radical (unpaired) electrons. The van der Waals surface area contributed by atoms with Gasteiger partial charge in [-0.25, -0.2) is 0 Å². The van der Waals surface area contributed by atoms with Crippen LogP contribution in [0.3, 0.4) is 0 Å². The van der Waals surface area contributed by atoms with Gasteiger partial charge in [-0.3, -0.25) is 9.59 Å². The Hall–Kier alpha value is -6.29. The van der Waals surface area contributed by atoms with Crippen molar-refractivity contribution in [3.05, 3.63) is 155 Å². The summed E-state index contributed by atoms with van der Waals surface area (Å²) in [5.41, 5.74) is 10.1. The maximum atomic E-state index is 13.9. The van der Waals surface area contributed by atoms with Crippen molar-refractivity contribution >= 4 is 29.1 Å². The van der Waals surface area contributed by atoms with Crippen LogP contribution in [0.25, 0.3) is 0 Å². The largest absolute Gasteiger partial charge is 0.493 e. The molecular formula is C37H34N4O6. The molecule has 47 heavy (non-hydrogen) atoms. The molecule has 5 aromatic rings. The summed E-state index contributed by atoms with van der Waals surface area (Å²) < 4.78 is 11.7. The average molecular weight is 631 g/mol. The zero-order valence-corrected chi connectivity index (χ0v) is 25.5. The van der Waals surface area contributed by atoms with Crippen LogP contribution in [0.15, 0.2) is 133 Å². The molecular weight excluding hydrogens is 596 g/mol. The monoisotopic (exact) mass is 630 g/mol. The Morgan fingerprint density at radius 2 is 1.36 bits per heavy atom. The fraction of sp³-hybridized carbons (Fsp3) is 0.108. The lowest BCUT2D eigenvalue weighted by atomic mass is 9.91. The molecule has 5 rings (SSSR count). The van der Waals surface area contributed by atoms with Crippen LogP contribution < -0.4 is 25.8 Å². The summed E-state index contributed by atoms with van der Waals surface area (Å²) in [6.07, 6.45) is 0. The van der Waals surface area contributed by atoms with Crippen LogP contribution in [-0.4, -0.2) is 35.1 Å². The zero-order chi connectivity index (χ0) is 33.2. The predicted molar refractivity (Wildman–Crippen MR) is 180 cm³/mol. The first kappa shape index (κ1) is 32.1. The van der Waals surface area contributed by atoms with Crippen molar-refractivity contribution < 1.29 is 29.4 Å². The Morgan fingerprint density at radius 1 is 0.766 bits per heavy atom. The standard InChI is InChI=1S/C37H34N4O6/c1-46-32-22-28(16-21-31(32)47-23-24-8-4-2-5-9-24)34(39-29-19-14-27(15-20-29)35(38)41-45)36(42)40-30-17-12-26(13-18-30)33(37(43)44)25-10-6-3-7-11-25/h2-22,33-34,39,45H,23H2,1H3,(H2,38,41)(H,40,42)(H,43,44). The highest BCUT2D eigenvalue weighted by Crippen LogP contribution is 2.33. The van der Waals surface area contributed by atoms with Crippen LogP contribution in [0.2, 0.25) is 0 Å². The Kier molecular flexibility index (Phi) is 10.3. The molecule has 2 unspecified atom stereocenters. The third-order valence-corrected chi connectivity index (χ3v) is 7.51. The fourth-order valence-electron chi connectivity index (χ4n) is 5.08. The number of carboxylic acid groups (broad SMARTS) is 1. The van der Waals surface area contributed by atoms with Crippen molar-refractivity contribution in [1.82, 2.24) is 0 Å². The molecule has 0 aliphatic rings. The lowest BCUT2D eigenvalue weighted by molar-refractivity contribution is -0.137. The number of aliphatic carboxylic acids is 1.